The van der Waals surface area contributed by atoms with Crippen molar-refractivity contribution in [1.82, 2.24) is 10.2 Å². The minimum Gasteiger partial charge on any atom is -0.421 e. The summed E-state index contributed by atoms with van der Waals surface area (Å²) in [5.41, 5.74) is 3.04. The normalized spacial score (nSPS) is 10.8. The summed E-state index contributed by atoms with van der Waals surface area (Å²) in [6.45, 7) is 2.20. The Labute approximate surface area is 157 Å². The van der Waals surface area contributed by atoms with E-state index in [9.17, 15) is 4.79 Å². The maximum atomic E-state index is 12.1. The van der Waals surface area contributed by atoms with Gasteiger partial charge in [0, 0.05) is 29.5 Å². The molecule has 6 heteroatoms. The Hall–Kier alpha value is -2.47. The molecule has 0 spiro atoms. The second-order valence-electron chi connectivity index (χ2n) is 6.22. The molecule has 0 saturated carbocycles. The van der Waals surface area contributed by atoms with Crippen molar-refractivity contribution in [1.29, 1.82) is 0 Å². The van der Waals surface area contributed by atoms with Crippen LogP contribution < -0.4 is 5.32 Å². The minimum atomic E-state index is -0.0565. The van der Waals surface area contributed by atoms with Crippen LogP contribution in [-0.2, 0) is 17.6 Å². The molecule has 26 heavy (non-hydrogen) atoms. The first-order chi connectivity index (χ1) is 12.7. The van der Waals surface area contributed by atoms with E-state index in [4.69, 9.17) is 4.42 Å². The van der Waals surface area contributed by atoms with E-state index in [2.05, 4.69) is 34.6 Å². The van der Waals surface area contributed by atoms with Gasteiger partial charge in [0.2, 0.25) is 17.7 Å². The molecule has 0 aliphatic heterocycles. The van der Waals surface area contributed by atoms with Gasteiger partial charge in [-0.3, -0.25) is 4.79 Å². The van der Waals surface area contributed by atoms with E-state index in [1.807, 2.05) is 29.0 Å². The predicted octanol–water partition coefficient (Wildman–Crippen LogP) is 5.10. The molecule has 5 nitrogen and oxygen atoms in total. The highest BCUT2D eigenvalue weighted by atomic mass is 32.1. The molecule has 3 aromatic rings. The van der Waals surface area contributed by atoms with Crippen LogP contribution in [0.1, 0.15) is 44.1 Å². The number of nitrogens with one attached hydrogen (secondary N) is 1. The maximum Gasteiger partial charge on any atom is 0.248 e. The molecule has 1 aromatic carbocycles. The van der Waals surface area contributed by atoms with Gasteiger partial charge in [0.15, 0.2) is 0 Å². The Morgan fingerprint density at radius 3 is 2.69 bits per heavy atom. The van der Waals surface area contributed by atoms with Crippen LogP contribution in [0, 0.1) is 0 Å². The average Bonchev–Trinajstić information content (AvgIpc) is 3.33. The predicted molar refractivity (Wildman–Crippen MR) is 104 cm³/mol. The summed E-state index contributed by atoms with van der Waals surface area (Å²) in [6, 6.07) is 10.0. The lowest BCUT2D eigenvalue weighted by molar-refractivity contribution is -0.116. The lowest BCUT2D eigenvalue weighted by atomic mass is 10.1. The molecule has 2 heterocycles. The van der Waals surface area contributed by atoms with Crippen molar-refractivity contribution < 1.29 is 9.21 Å². The number of aryl methyl sites for hydroxylation is 2. The van der Waals surface area contributed by atoms with Crippen molar-refractivity contribution in [3.63, 3.8) is 0 Å². The third-order valence-corrected chi connectivity index (χ3v) is 4.79. The summed E-state index contributed by atoms with van der Waals surface area (Å²) in [5.74, 6) is 0.923. The maximum absolute atomic E-state index is 12.1. The number of rotatable bonds is 9. The molecular weight excluding hydrogens is 346 g/mol. The Kier molecular flexibility index (Phi) is 6.55. The number of nitrogens with zero attached hydrogens (tertiary/aromatic N) is 2. The SMILES string of the molecule is CCCCCc1ccc(NC(=O)CCc2nnc(-c3ccsc3)o2)cc1. The van der Waals surface area contributed by atoms with E-state index in [1.54, 1.807) is 11.3 Å². The second-order valence-corrected chi connectivity index (χ2v) is 7.00. The number of benzene rings is 1. The Morgan fingerprint density at radius 2 is 1.96 bits per heavy atom. The molecule has 0 bridgehead atoms. The Bertz CT molecular complexity index is 810. The van der Waals surface area contributed by atoms with Gasteiger partial charge in [0.1, 0.15) is 0 Å². The number of aromatic nitrogens is 2. The topological polar surface area (TPSA) is 68.0 Å². The molecule has 136 valence electrons. The molecule has 0 fully saturated rings. The number of hydrogen-bond donors (Lipinski definition) is 1. The minimum absolute atomic E-state index is 0.0565. The zero-order valence-electron chi connectivity index (χ0n) is 14.9. The van der Waals surface area contributed by atoms with Crippen LogP contribution in [0.15, 0.2) is 45.5 Å². The zero-order valence-corrected chi connectivity index (χ0v) is 15.7. The molecule has 3 rings (SSSR count). The molecule has 0 aliphatic rings. The van der Waals surface area contributed by atoms with E-state index in [-0.39, 0.29) is 5.91 Å². The Balaban J connectivity index is 1.45. The van der Waals surface area contributed by atoms with Gasteiger partial charge >= 0.3 is 0 Å². The van der Waals surface area contributed by atoms with Crippen molar-refractivity contribution >= 4 is 22.9 Å². The summed E-state index contributed by atoms with van der Waals surface area (Å²) < 4.78 is 5.60. The van der Waals surface area contributed by atoms with E-state index in [0.717, 1.165) is 17.7 Å². The monoisotopic (exact) mass is 369 g/mol. The van der Waals surface area contributed by atoms with E-state index in [0.29, 0.717) is 24.6 Å². The van der Waals surface area contributed by atoms with Gasteiger partial charge in [-0.05, 0) is 42.0 Å². The largest absolute Gasteiger partial charge is 0.421 e. The van der Waals surface area contributed by atoms with E-state index < -0.39 is 0 Å². The highest BCUT2D eigenvalue weighted by Gasteiger charge is 2.11. The second kappa shape index (κ2) is 9.29. The molecule has 1 amide bonds. The van der Waals surface area contributed by atoms with Crippen molar-refractivity contribution in [3.05, 3.63) is 52.5 Å². The highest BCUT2D eigenvalue weighted by Crippen LogP contribution is 2.21. The zero-order chi connectivity index (χ0) is 18.2. The van der Waals surface area contributed by atoms with Crippen molar-refractivity contribution in [2.24, 2.45) is 0 Å². The first kappa shape index (κ1) is 18.3. The third kappa shape index (κ3) is 5.26. The first-order valence-corrected chi connectivity index (χ1v) is 9.92. The van der Waals surface area contributed by atoms with Crippen LogP contribution in [0.5, 0.6) is 0 Å². The lowest BCUT2D eigenvalue weighted by Gasteiger charge is -2.06. The number of carbonyl (C=O) groups excluding carboxylic acids is 1. The van der Waals surface area contributed by atoms with Crippen molar-refractivity contribution in [2.75, 3.05) is 5.32 Å². The fraction of sp³-hybridized carbons (Fsp3) is 0.350. The van der Waals surface area contributed by atoms with Crippen LogP contribution in [0.2, 0.25) is 0 Å². The fourth-order valence-corrected chi connectivity index (χ4v) is 3.27. The van der Waals surface area contributed by atoms with Gasteiger partial charge in [-0.25, -0.2) is 0 Å². The van der Waals surface area contributed by atoms with Gasteiger partial charge in [0.05, 0.1) is 0 Å². The molecule has 0 radical (unpaired) electrons. The van der Waals surface area contributed by atoms with E-state index in [1.165, 1.54) is 24.8 Å². The summed E-state index contributed by atoms with van der Waals surface area (Å²) in [4.78, 5) is 12.1. The number of anilines is 1. The number of thiophene rings is 1. The van der Waals surface area contributed by atoms with Crippen LogP contribution >= 0.6 is 11.3 Å². The standard InChI is InChI=1S/C20H23N3O2S/c1-2-3-4-5-15-6-8-17(9-7-15)21-18(24)10-11-19-22-23-20(25-19)16-12-13-26-14-16/h6-9,12-14H,2-5,10-11H2,1H3,(H,21,24). The molecule has 0 saturated heterocycles. The molecule has 1 N–H and O–H groups in total. The first-order valence-electron chi connectivity index (χ1n) is 8.98. The molecule has 0 atom stereocenters. The number of carbonyl (C=O) groups is 1. The van der Waals surface area contributed by atoms with Crippen molar-refractivity contribution in [3.8, 4) is 11.5 Å². The van der Waals surface area contributed by atoms with Gasteiger partial charge in [-0.2, -0.15) is 11.3 Å². The van der Waals surface area contributed by atoms with Crippen molar-refractivity contribution in [2.45, 2.75) is 45.4 Å². The molecule has 0 unspecified atom stereocenters. The fourth-order valence-electron chi connectivity index (χ4n) is 2.64. The summed E-state index contributed by atoms with van der Waals surface area (Å²) in [5, 5.41) is 14.9. The van der Waals surface area contributed by atoms with Crippen LogP contribution in [0.4, 0.5) is 5.69 Å². The van der Waals surface area contributed by atoms with E-state index >= 15 is 0 Å². The van der Waals surface area contributed by atoms with Crippen LogP contribution in [0.25, 0.3) is 11.5 Å². The number of unbranched alkanes of at least 4 members (excludes halogenated alkanes) is 2. The smallest absolute Gasteiger partial charge is 0.248 e. The summed E-state index contributed by atoms with van der Waals surface area (Å²) in [6.07, 6.45) is 5.51. The van der Waals surface area contributed by atoms with Gasteiger partial charge in [-0.15, -0.1) is 10.2 Å². The summed E-state index contributed by atoms with van der Waals surface area (Å²) >= 11 is 1.58. The quantitative estimate of drug-likeness (QED) is 0.533. The van der Waals surface area contributed by atoms with Gasteiger partial charge in [-0.1, -0.05) is 31.9 Å². The summed E-state index contributed by atoms with van der Waals surface area (Å²) in [7, 11) is 0. The molecule has 2 aromatic heterocycles. The van der Waals surface area contributed by atoms with Gasteiger partial charge < -0.3 is 9.73 Å². The number of hydrogen-bond acceptors (Lipinski definition) is 5. The Morgan fingerprint density at radius 1 is 1.12 bits per heavy atom. The van der Waals surface area contributed by atoms with Gasteiger partial charge in [0.25, 0.3) is 0 Å². The third-order valence-electron chi connectivity index (χ3n) is 4.11. The lowest BCUT2D eigenvalue weighted by Crippen LogP contribution is -2.12. The highest BCUT2D eigenvalue weighted by molar-refractivity contribution is 7.08. The molecule has 0 aliphatic carbocycles. The molecular formula is C20H23N3O2S. The average molecular weight is 369 g/mol. The number of amides is 1. The van der Waals surface area contributed by atoms with Crippen LogP contribution in [0.3, 0.4) is 0 Å². The van der Waals surface area contributed by atoms with Crippen LogP contribution in [-0.4, -0.2) is 16.1 Å².